The lowest BCUT2D eigenvalue weighted by atomic mass is 10.1. The zero-order valence-electron chi connectivity index (χ0n) is 13.1. The fourth-order valence-electron chi connectivity index (χ4n) is 3.38. The quantitative estimate of drug-likeness (QED) is 0.782. The topological polar surface area (TPSA) is 33.2 Å². The second-order valence-corrected chi connectivity index (χ2v) is 6.53. The van der Waals surface area contributed by atoms with Crippen molar-refractivity contribution < 1.29 is 4.79 Å². The summed E-state index contributed by atoms with van der Waals surface area (Å²) in [7, 11) is 0. The summed E-state index contributed by atoms with van der Waals surface area (Å²) in [6.45, 7) is 4.23. The van der Waals surface area contributed by atoms with Crippen molar-refractivity contribution in [3.8, 4) is 0 Å². The normalized spacial score (nSPS) is 15.4. The second kappa shape index (κ2) is 6.25. The highest BCUT2D eigenvalue weighted by Crippen LogP contribution is 2.28. The molecular formula is C18H21ClN2O. The van der Waals surface area contributed by atoms with Gasteiger partial charge in [0, 0.05) is 30.5 Å². The molecular weight excluding hydrogens is 296 g/mol. The third-order valence-corrected chi connectivity index (χ3v) is 4.91. The third kappa shape index (κ3) is 2.95. The van der Waals surface area contributed by atoms with E-state index in [4.69, 9.17) is 11.6 Å². The number of fused-ring (bicyclic) bond motifs is 1. The number of para-hydroxylation sites is 1. The average Bonchev–Trinajstić information content (AvgIpc) is 2.99. The monoisotopic (exact) mass is 316 g/mol. The molecule has 0 unspecified atom stereocenters. The first kappa shape index (κ1) is 15.3. The van der Waals surface area contributed by atoms with Crippen molar-refractivity contribution >= 4 is 28.4 Å². The molecule has 1 fully saturated rings. The van der Waals surface area contributed by atoms with Gasteiger partial charge in [-0.15, -0.1) is 0 Å². The van der Waals surface area contributed by atoms with Crippen molar-refractivity contribution in [3.05, 3.63) is 40.5 Å². The molecule has 0 atom stereocenters. The molecule has 116 valence electrons. The van der Waals surface area contributed by atoms with E-state index in [0.29, 0.717) is 17.7 Å². The van der Waals surface area contributed by atoms with Crippen molar-refractivity contribution in [1.82, 2.24) is 9.88 Å². The molecule has 1 saturated carbocycles. The number of carbonyl (C=O) groups excluding carboxylic acids is 1. The van der Waals surface area contributed by atoms with Crippen LogP contribution in [0.3, 0.4) is 0 Å². The minimum Gasteiger partial charge on any atom is -0.336 e. The van der Waals surface area contributed by atoms with E-state index in [1.807, 2.05) is 30.0 Å². The fraction of sp³-hybridized carbons (Fsp3) is 0.444. The number of carbonyl (C=O) groups is 1. The van der Waals surface area contributed by atoms with Crippen LogP contribution in [0.25, 0.3) is 10.9 Å². The van der Waals surface area contributed by atoms with Gasteiger partial charge < -0.3 is 4.90 Å². The Morgan fingerprint density at radius 1 is 1.36 bits per heavy atom. The highest BCUT2D eigenvalue weighted by atomic mass is 35.5. The summed E-state index contributed by atoms with van der Waals surface area (Å²) < 4.78 is 0. The molecule has 3 rings (SSSR count). The largest absolute Gasteiger partial charge is 0.336 e. The summed E-state index contributed by atoms with van der Waals surface area (Å²) in [6, 6.07) is 8.52. The Labute approximate surface area is 136 Å². The van der Waals surface area contributed by atoms with Gasteiger partial charge in [0.25, 0.3) is 0 Å². The van der Waals surface area contributed by atoms with Crippen molar-refractivity contribution in [2.45, 2.75) is 52.1 Å². The molecule has 1 aromatic carbocycles. The Hall–Kier alpha value is -1.61. The fourth-order valence-corrected chi connectivity index (χ4v) is 3.57. The Bertz CT molecular complexity index is 708. The maximum atomic E-state index is 12.0. The lowest BCUT2D eigenvalue weighted by Gasteiger charge is -2.28. The predicted octanol–water partition coefficient (Wildman–Crippen LogP) is 4.49. The second-order valence-electron chi connectivity index (χ2n) is 6.17. The smallest absolute Gasteiger partial charge is 0.219 e. The van der Waals surface area contributed by atoms with E-state index in [-0.39, 0.29) is 5.91 Å². The van der Waals surface area contributed by atoms with E-state index >= 15 is 0 Å². The van der Waals surface area contributed by atoms with Crippen LogP contribution in [-0.2, 0) is 11.3 Å². The van der Waals surface area contributed by atoms with Crippen LogP contribution >= 0.6 is 11.6 Å². The summed E-state index contributed by atoms with van der Waals surface area (Å²) in [5, 5.41) is 1.58. The standard InChI is InChI=1S/C18H21ClN2O/c1-12-6-5-7-14-10-15(18(19)20-17(12)14)11-21(13(2)22)16-8-3-4-9-16/h5-7,10,16H,3-4,8-9,11H2,1-2H3. The molecule has 4 heteroatoms. The number of rotatable bonds is 3. The Kier molecular flexibility index (Phi) is 4.34. The van der Waals surface area contributed by atoms with Gasteiger partial charge >= 0.3 is 0 Å². The zero-order valence-corrected chi connectivity index (χ0v) is 13.9. The minimum absolute atomic E-state index is 0.118. The number of benzene rings is 1. The molecule has 1 aliphatic rings. The SMILES string of the molecule is CC(=O)N(Cc1cc2cccc(C)c2nc1Cl)C1CCCC1. The highest BCUT2D eigenvalue weighted by molar-refractivity contribution is 6.30. The lowest BCUT2D eigenvalue weighted by Crippen LogP contribution is -2.36. The van der Waals surface area contributed by atoms with Gasteiger partial charge in [0.15, 0.2) is 0 Å². The molecule has 22 heavy (non-hydrogen) atoms. The van der Waals surface area contributed by atoms with Gasteiger partial charge in [-0.05, 0) is 31.4 Å². The minimum atomic E-state index is 0.118. The molecule has 1 aromatic heterocycles. The molecule has 3 nitrogen and oxygen atoms in total. The number of hydrogen-bond acceptors (Lipinski definition) is 2. The molecule has 2 aromatic rings. The van der Waals surface area contributed by atoms with Crippen molar-refractivity contribution in [2.75, 3.05) is 0 Å². The summed E-state index contributed by atoms with van der Waals surface area (Å²) >= 11 is 6.38. The Balaban J connectivity index is 1.94. The molecule has 1 heterocycles. The first-order valence-electron chi connectivity index (χ1n) is 7.88. The highest BCUT2D eigenvalue weighted by Gasteiger charge is 2.25. The maximum Gasteiger partial charge on any atom is 0.219 e. The van der Waals surface area contributed by atoms with Gasteiger partial charge in [0.1, 0.15) is 5.15 Å². The average molecular weight is 317 g/mol. The molecule has 0 aliphatic heterocycles. The van der Waals surface area contributed by atoms with Crippen LogP contribution in [0.1, 0.15) is 43.7 Å². The van der Waals surface area contributed by atoms with Gasteiger partial charge in [-0.3, -0.25) is 4.79 Å². The van der Waals surface area contributed by atoms with E-state index in [1.165, 1.54) is 12.8 Å². The molecule has 1 amide bonds. The zero-order chi connectivity index (χ0) is 15.7. The van der Waals surface area contributed by atoms with Gasteiger partial charge in [-0.2, -0.15) is 0 Å². The third-order valence-electron chi connectivity index (χ3n) is 4.58. The van der Waals surface area contributed by atoms with Crippen LogP contribution in [-0.4, -0.2) is 21.8 Å². The van der Waals surface area contributed by atoms with Gasteiger partial charge in [0.2, 0.25) is 5.91 Å². The number of hydrogen-bond donors (Lipinski definition) is 0. The lowest BCUT2D eigenvalue weighted by molar-refractivity contribution is -0.131. The molecule has 1 aliphatic carbocycles. The van der Waals surface area contributed by atoms with E-state index in [0.717, 1.165) is 34.9 Å². The van der Waals surface area contributed by atoms with Crippen LogP contribution in [0.4, 0.5) is 0 Å². The van der Waals surface area contributed by atoms with Crippen LogP contribution in [0.5, 0.6) is 0 Å². The van der Waals surface area contributed by atoms with Crippen LogP contribution in [0, 0.1) is 6.92 Å². The Morgan fingerprint density at radius 2 is 2.09 bits per heavy atom. The first-order chi connectivity index (χ1) is 10.6. The van der Waals surface area contributed by atoms with E-state index in [9.17, 15) is 4.79 Å². The molecule has 0 bridgehead atoms. The Morgan fingerprint density at radius 3 is 2.77 bits per heavy atom. The number of amides is 1. The van der Waals surface area contributed by atoms with Gasteiger partial charge in [-0.1, -0.05) is 42.6 Å². The number of halogens is 1. The van der Waals surface area contributed by atoms with Crippen molar-refractivity contribution in [3.63, 3.8) is 0 Å². The molecule has 0 N–H and O–H groups in total. The summed E-state index contributed by atoms with van der Waals surface area (Å²) in [5.41, 5.74) is 2.98. The molecule has 0 radical (unpaired) electrons. The van der Waals surface area contributed by atoms with Crippen LogP contribution in [0.15, 0.2) is 24.3 Å². The molecule has 0 saturated heterocycles. The van der Waals surface area contributed by atoms with Gasteiger partial charge in [-0.25, -0.2) is 4.98 Å². The summed E-state index contributed by atoms with van der Waals surface area (Å²) in [4.78, 5) is 18.5. The van der Waals surface area contributed by atoms with E-state index < -0.39 is 0 Å². The van der Waals surface area contributed by atoms with Gasteiger partial charge in [0.05, 0.1) is 5.52 Å². The maximum absolute atomic E-state index is 12.0. The van der Waals surface area contributed by atoms with Crippen molar-refractivity contribution in [2.24, 2.45) is 0 Å². The number of aryl methyl sites for hydroxylation is 1. The molecule has 0 spiro atoms. The number of nitrogens with zero attached hydrogens (tertiary/aromatic N) is 2. The summed E-state index contributed by atoms with van der Waals surface area (Å²) in [6.07, 6.45) is 4.60. The summed E-state index contributed by atoms with van der Waals surface area (Å²) in [5.74, 6) is 0.118. The van der Waals surface area contributed by atoms with Crippen molar-refractivity contribution in [1.29, 1.82) is 0 Å². The first-order valence-corrected chi connectivity index (χ1v) is 8.26. The van der Waals surface area contributed by atoms with E-state index in [1.54, 1.807) is 6.92 Å². The number of aromatic nitrogens is 1. The van der Waals surface area contributed by atoms with E-state index in [2.05, 4.69) is 11.1 Å². The number of pyridine rings is 1. The van der Waals surface area contributed by atoms with Crippen LogP contribution in [0.2, 0.25) is 5.15 Å². The van der Waals surface area contributed by atoms with Crippen LogP contribution < -0.4 is 0 Å². The predicted molar refractivity (Wildman–Crippen MR) is 90.0 cm³/mol.